The van der Waals surface area contributed by atoms with Crippen molar-refractivity contribution in [2.24, 2.45) is 0 Å². The van der Waals surface area contributed by atoms with Crippen LogP contribution in [0.2, 0.25) is 0 Å². The Morgan fingerprint density at radius 2 is 2.30 bits per heavy atom. The zero-order valence-corrected chi connectivity index (χ0v) is 6.32. The Morgan fingerprint density at radius 3 is 2.70 bits per heavy atom. The van der Waals surface area contributed by atoms with Gasteiger partial charge in [0.05, 0.1) is 18.8 Å². The number of hydrogen-bond acceptors (Lipinski definition) is 3. The van der Waals surface area contributed by atoms with E-state index in [2.05, 4.69) is 4.90 Å². The van der Waals surface area contributed by atoms with Crippen molar-refractivity contribution in [1.29, 1.82) is 0 Å². The minimum absolute atomic E-state index is 0.00926. The lowest BCUT2D eigenvalue weighted by Crippen LogP contribution is -2.37. The minimum Gasteiger partial charge on any atom is -0.395 e. The average Bonchev–Trinajstić information content (AvgIpc) is 2.30. The molecule has 0 bridgehead atoms. The molecule has 0 amide bonds. The molecule has 0 radical (unpaired) electrons. The quantitative estimate of drug-likeness (QED) is 0.547. The predicted octanol–water partition coefficient (Wildman–Crippen LogP) is -0.566. The van der Waals surface area contributed by atoms with Gasteiger partial charge in [0, 0.05) is 6.54 Å². The summed E-state index contributed by atoms with van der Waals surface area (Å²) in [6, 6.07) is -0.00926. The molecule has 0 unspecified atom stereocenters. The third kappa shape index (κ3) is 1.31. The molecular formula is C7H15NO2. The summed E-state index contributed by atoms with van der Waals surface area (Å²) in [6.07, 6.45) is 0.490. The number of likely N-dealkylation sites (tertiary alicyclic amines) is 1. The van der Waals surface area contributed by atoms with Crippen LogP contribution in [0.5, 0.6) is 0 Å². The summed E-state index contributed by atoms with van der Waals surface area (Å²) < 4.78 is 0. The molecule has 2 N–H and O–H groups in total. The van der Waals surface area contributed by atoms with E-state index >= 15 is 0 Å². The highest BCUT2D eigenvalue weighted by Gasteiger charge is 2.30. The van der Waals surface area contributed by atoms with E-state index < -0.39 is 0 Å². The first-order valence-electron chi connectivity index (χ1n) is 3.82. The third-order valence-corrected chi connectivity index (χ3v) is 2.22. The average molecular weight is 145 g/mol. The number of nitrogens with zero attached hydrogens (tertiary/aromatic N) is 1. The summed E-state index contributed by atoms with van der Waals surface area (Å²) in [6.45, 7) is 3.96. The van der Waals surface area contributed by atoms with Crippen molar-refractivity contribution in [3.05, 3.63) is 0 Å². The molecule has 1 rings (SSSR count). The fourth-order valence-corrected chi connectivity index (χ4v) is 1.53. The molecule has 60 valence electrons. The van der Waals surface area contributed by atoms with E-state index in [1.54, 1.807) is 0 Å². The molecule has 1 saturated heterocycles. The highest BCUT2D eigenvalue weighted by atomic mass is 16.3. The smallest absolute Gasteiger partial charge is 0.0729 e. The number of aliphatic hydroxyl groups excluding tert-OH is 2. The lowest BCUT2D eigenvalue weighted by molar-refractivity contribution is 0.0738. The van der Waals surface area contributed by atoms with Gasteiger partial charge in [-0.3, -0.25) is 4.90 Å². The van der Waals surface area contributed by atoms with Crippen LogP contribution in [0.3, 0.4) is 0 Å². The fraction of sp³-hybridized carbons (Fsp3) is 1.00. The first-order valence-corrected chi connectivity index (χ1v) is 3.82. The van der Waals surface area contributed by atoms with Gasteiger partial charge in [-0.1, -0.05) is 6.92 Å². The number of rotatable bonds is 2. The van der Waals surface area contributed by atoms with Crippen molar-refractivity contribution in [2.45, 2.75) is 25.5 Å². The Kier molecular flexibility index (Phi) is 2.65. The van der Waals surface area contributed by atoms with Crippen LogP contribution in [0.25, 0.3) is 0 Å². The van der Waals surface area contributed by atoms with Gasteiger partial charge in [0.1, 0.15) is 0 Å². The molecule has 0 aromatic heterocycles. The Hall–Kier alpha value is -0.120. The molecule has 1 aliphatic rings. The number of aliphatic hydroxyl groups is 2. The largest absolute Gasteiger partial charge is 0.395 e. The van der Waals surface area contributed by atoms with Crippen LogP contribution in [0.1, 0.15) is 13.3 Å². The van der Waals surface area contributed by atoms with Crippen molar-refractivity contribution in [3.63, 3.8) is 0 Å². The minimum atomic E-state index is -0.315. The number of likely N-dealkylation sites (N-methyl/N-ethyl adjacent to an activating group) is 1. The fourth-order valence-electron chi connectivity index (χ4n) is 1.53. The van der Waals surface area contributed by atoms with E-state index in [1.165, 1.54) is 0 Å². The molecule has 3 nitrogen and oxygen atoms in total. The first kappa shape index (κ1) is 7.98. The molecule has 1 heterocycles. The molecule has 0 aromatic carbocycles. The Labute approximate surface area is 61.3 Å². The SMILES string of the molecule is CCN1CC[C@@H](O)[C@H]1CO. The lowest BCUT2D eigenvalue weighted by Gasteiger charge is -2.21. The molecular weight excluding hydrogens is 130 g/mol. The van der Waals surface area contributed by atoms with E-state index in [-0.39, 0.29) is 18.8 Å². The summed E-state index contributed by atoms with van der Waals surface area (Å²) in [4.78, 5) is 2.10. The zero-order valence-electron chi connectivity index (χ0n) is 6.32. The normalized spacial score (nSPS) is 35.1. The van der Waals surface area contributed by atoms with Crippen LogP contribution < -0.4 is 0 Å². The highest BCUT2D eigenvalue weighted by molar-refractivity contribution is 4.85. The molecule has 3 heteroatoms. The van der Waals surface area contributed by atoms with Crippen molar-refractivity contribution in [1.82, 2.24) is 4.90 Å². The Balaban J connectivity index is 2.45. The summed E-state index contributed by atoms with van der Waals surface area (Å²) in [5, 5.41) is 18.1. The van der Waals surface area contributed by atoms with E-state index in [4.69, 9.17) is 5.11 Å². The second-order valence-electron chi connectivity index (χ2n) is 2.73. The molecule has 0 aliphatic carbocycles. The molecule has 1 aliphatic heterocycles. The Bertz CT molecular complexity index is 108. The van der Waals surface area contributed by atoms with E-state index in [0.717, 1.165) is 19.5 Å². The van der Waals surface area contributed by atoms with Gasteiger partial charge in [0.2, 0.25) is 0 Å². The van der Waals surface area contributed by atoms with Crippen LogP contribution in [0.4, 0.5) is 0 Å². The topological polar surface area (TPSA) is 43.7 Å². The van der Waals surface area contributed by atoms with Crippen LogP contribution >= 0.6 is 0 Å². The monoisotopic (exact) mass is 145 g/mol. The molecule has 0 saturated carbocycles. The van der Waals surface area contributed by atoms with Crippen molar-refractivity contribution in [3.8, 4) is 0 Å². The maximum absolute atomic E-state index is 9.29. The summed E-state index contributed by atoms with van der Waals surface area (Å²) >= 11 is 0. The van der Waals surface area contributed by atoms with Crippen molar-refractivity contribution in [2.75, 3.05) is 19.7 Å². The molecule has 0 aromatic rings. The van der Waals surface area contributed by atoms with Gasteiger partial charge in [-0.05, 0) is 13.0 Å². The summed E-state index contributed by atoms with van der Waals surface area (Å²) in [7, 11) is 0. The van der Waals surface area contributed by atoms with Gasteiger partial charge in [-0.2, -0.15) is 0 Å². The van der Waals surface area contributed by atoms with Crippen molar-refractivity contribution < 1.29 is 10.2 Å². The maximum Gasteiger partial charge on any atom is 0.0729 e. The third-order valence-electron chi connectivity index (χ3n) is 2.22. The van der Waals surface area contributed by atoms with Crippen LogP contribution in [-0.4, -0.2) is 47.0 Å². The van der Waals surface area contributed by atoms with Crippen LogP contribution in [0, 0.1) is 0 Å². The van der Waals surface area contributed by atoms with Gasteiger partial charge in [-0.25, -0.2) is 0 Å². The molecule has 0 spiro atoms. The van der Waals surface area contributed by atoms with Gasteiger partial charge in [-0.15, -0.1) is 0 Å². The molecule has 1 fully saturated rings. The molecule has 2 atom stereocenters. The van der Waals surface area contributed by atoms with Gasteiger partial charge in [0.15, 0.2) is 0 Å². The van der Waals surface area contributed by atoms with E-state index in [0.29, 0.717) is 0 Å². The standard InChI is InChI=1S/C7H15NO2/c1-2-8-4-3-7(10)6(8)5-9/h6-7,9-10H,2-5H2,1H3/t6-,7-/m1/s1. The zero-order chi connectivity index (χ0) is 7.56. The van der Waals surface area contributed by atoms with Crippen LogP contribution in [-0.2, 0) is 0 Å². The number of hydrogen-bond donors (Lipinski definition) is 2. The van der Waals surface area contributed by atoms with E-state index in [1.807, 2.05) is 6.92 Å². The van der Waals surface area contributed by atoms with E-state index in [9.17, 15) is 5.11 Å². The first-order chi connectivity index (χ1) is 4.79. The van der Waals surface area contributed by atoms with Gasteiger partial charge in [0.25, 0.3) is 0 Å². The second-order valence-corrected chi connectivity index (χ2v) is 2.73. The summed E-state index contributed by atoms with van der Waals surface area (Å²) in [5.41, 5.74) is 0. The predicted molar refractivity (Wildman–Crippen MR) is 38.7 cm³/mol. The van der Waals surface area contributed by atoms with Gasteiger partial charge >= 0.3 is 0 Å². The maximum atomic E-state index is 9.29. The molecule has 10 heavy (non-hydrogen) atoms. The highest BCUT2D eigenvalue weighted by Crippen LogP contribution is 2.16. The van der Waals surface area contributed by atoms with Gasteiger partial charge < -0.3 is 10.2 Å². The second kappa shape index (κ2) is 3.32. The lowest BCUT2D eigenvalue weighted by atomic mass is 10.2. The van der Waals surface area contributed by atoms with Crippen molar-refractivity contribution >= 4 is 0 Å². The Morgan fingerprint density at radius 1 is 1.60 bits per heavy atom. The summed E-state index contributed by atoms with van der Waals surface area (Å²) in [5.74, 6) is 0. The van der Waals surface area contributed by atoms with Crippen LogP contribution in [0.15, 0.2) is 0 Å².